The Bertz CT molecular complexity index is 1220. The maximum atomic E-state index is 12.7. The van der Waals surface area contributed by atoms with E-state index in [9.17, 15) is 21.6 Å². The van der Waals surface area contributed by atoms with Crippen LogP contribution in [0.4, 0.5) is 5.69 Å². The number of para-hydroxylation sites is 1. The zero-order chi connectivity index (χ0) is 26.2. The predicted octanol–water partition coefficient (Wildman–Crippen LogP) is 2.91. The van der Waals surface area contributed by atoms with E-state index in [0.29, 0.717) is 30.9 Å². The van der Waals surface area contributed by atoms with Gasteiger partial charge in [-0.1, -0.05) is 24.6 Å². The van der Waals surface area contributed by atoms with E-state index < -0.39 is 20.0 Å². The van der Waals surface area contributed by atoms with Crippen molar-refractivity contribution >= 4 is 31.6 Å². The first-order chi connectivity index (χ1) is 17.1. The minimum atomic E-state index is -3.48. The van der Waals surface area contributed by atoms with Crippen LogP contribution in [0.15, 0.2) is 53.4 Å². The molecule has 11 heteroatoms. The predicted molar refractivity (Wildman–Crippen MR) is 140 cm³/mol. The molecule has 1 heterocycles. The first-order valence-corrected chi connectivity index (χ1v) is 15.4. The van der Waals surface area contributed by atoms with Crippen LogP contribution in [0.2, 0.25) is 0 Å². The molecule has 0 spiro atoms. The Balaban J connectivity index is 1.40. The molecule has 1 aliphatic heterocycles. The molecule has 198 valence electrons. The van der Waals surface area contributed by atoms with Crippen LogP contribution in [0.1, 0.15) is 37.7 Å². The zero-order valence-electron chi connectivity index (χ0n) is 20.9. The number of hydrogen-bond donors (Lipinski definition) is 1. The number of anilines is 1. The van der Waals surface area contributed by atoms with Gasteiger partial charge in [-0.25, -0.2) is 16.8 Å². The van der Waals surface area contributed by atoms with E-state index in [1.165, 1.54) is 8.61 Å². The minimum absolute atomic E-state index is 0.182. The first-order valence-electron chi connectivity index (χ1n) is 12.1. The average molecular weight is 538 g/mol. The number of sulfonamides is 2. The summed E-state index contributed by atoms with van der Waals surface area (Å²) in [7, 11) is -6.95. The molecule has 0 atom stereocenters. The lowest BCUT2D eigenvalue weighted by Gasteiger charge is -2.25. The van der Waals surface area contributed by atoms with Gasteiger partial charge in [-0.2, -0.15) is 4.31 Å². The Morgan fingerprint density at radius 1 is 1.00 bits per heavy atom. The molecule has 0 radical (unpaired) electrons. The van der Waals surface area contributed by atoms with Gasteiger partial charge < -0.3 is 10.1 Å². The summed E-state index contributed by atoms with van der Waals surface area (Å²) < 4.78 is 58.4. The van der Waals surface area contributed by atoms with Crippen LogP contribution in [0.3, 0.4) is 0 Å². The lowest BCUT2D eigenvalue weighted by atomic mass is 10.2. The van der Waals surface area contributed by atoms with Crippen LogP contribution in [0.25, 0.3) is 0 Å². The summed E-state index contributed by atoms with van der Waals surface area (Å²) in [5.74, 6) is 0.323. The molecule has 0 saturated carbocycles. The Hall–Kier alpha value is -2.63. The molecule has 0 unspecified atom stereocenters. The van der Waals surface area contributed by atoms with Crippen molar-refractivity contribution in [1.29, 1.82) is 0 Å². The van der Waals surface area contributed by atoms with Crippen molar-refractivity contribution in [3.63, 3.8) is 0 Å². The quantitative estimate of drug-likeness (QED) is 0.417. The summed E-state index contributed by atoms with van der Waals surface area (Å²) in [4.78, 5) is 12.4. The van der Waals surface area contributed by atoms with E-state index in [0.717, 1.165) is 31.1 Å². The Labute approximate surface area is 214 Å². The van der Waals surface area contributed by atoms with Crippen LogP contribution in [-0.4, -0.2) is 66.1 Å². The molecule has 0 bridgehead atoms. The molecule has 0 aromatic heterocycles. The van der Waals surface area contributed by atoms with Crippen LogP contribution < -0.4 is 14.4 Å². The first kappa shape index (κ1) is 27.9. The van der Waals surface area contributed by atoms with E-state index in [1.807, 2.05) is 19.1 Å². The van der Waals surface area contributed by atoms with Crippen LogP contribution in [0.5, 0.6) is 5.75 Å². The second kappa shape index (κ2) is 12.6. The monoisotopic (exact) mass is 537 g/mol. The van der Waals surface area contributed by atoms with E-state index >= 15 is 0 Å². The SMILES string of the molecule is Cc1ccccc1N(CCCC(=O)NCCOc1ccc(S(=O)(=O)N2CCCCC2)cc1)S(C)(=O)=O. The van der Waals surface area contributed by atoms with E-state index in [4.69, 9.17) is 4.74 Å². The van der Waals surface area contributed by atoms with Gasteiger partial charge in [-0.05, 0) is 62.1 Å². The summed E-state index contributed by atoms with van der Waals surface area (Å²) in [5.41, 5.74) is 1.46. The van der Waals surface area contributed by atoms with Gasteiger partial charge in [0, 0.05) is 26.1 Å². The third kappa shape index (κ3) is 7.68. The topological polar surface area (TPSA) is 113 Å². The van der Waals surface area contributed by atoms with Crippen LogP contribution in [-0.2, 0) is 24.8 Å². The summed E-state index contributed by atoms with van der Waals surface area (Å²) in [6.07, 6.45) is 4.54. The number of carbonyl (C=O) groups is 1. The van der Waals surface area contributed by atoms with Crippen molar-refractivity contribution in [3.05, 3.63) is 54.1 Å². The van der Waals surface area contributed by atoms with Crippen molar-refractivity contribution in [1.82, 2.24) is 9.62 Å². The standard InChI is InChI=1S/C25H35N3O6S2/c1-21-9-4-5-10-24(21)28(35(2,30)31)19-8-11-25(29)26-16-20-34-22-12-14-23(15-13-22)36(32,33)27-17-6-3-7-18-27/h4-5,9-10,12-15H,3,6-8,11,16-20H2,1-2H3,(H,26,29). The summed E-state index contributed by atoms with van der Waals surface area (Å²) in [5, 5.41) is 2.76. The van der Waals surface area contributed by atoms with Crippen molar-refractivity contribution < 1.29 is 26.4 Å². The molecule has 36 heavy (non-hydrogen) atoms. The molecule has 0 aliphatic carbocycles. The van der Waals surface area contributed by atoms with E-state index in [-0.39, 0.29) is 36.9 Å². The van der Waals surface area contributed by atoms with Crippen molar-refractivity contribution in [3.8, 4) is 5.75 Å². The number of rotatable bonds is 12. The number of ether oxygens (including phenoxy) is 1. The van der Waals surface area contributed by atoms with Crippen molar-refractivity contribution in [2.24, 2.45) is 0 Å². The molecular weight excluding hydrogens is 502 g/mol. The normalized spacial score (nSPS) is 14.8. The number of amides is 1. The Morgan fingerprint density at radius 3 is 2.31 bits per heavy atom. The fraction of sp³-hybridized carbons (Fsp3) is 0.480. The minimum Gasteiger partial charge on any atom is -0.492 e. The summed E-state index contributed by atoms with van der Waals surface area (Å²) in [6.45, 7) is 3.67. The maximum absolute atomic E-state index is 12.7. The number of piperidine rings is 1. The molecule has 9 nitrogen and oxygen atoms in total. The van der Waals surface area contributed by atoms with Gasteiger partial charge in [-0.15, -0.1) is 0 Å². The lowest BCUT2D eigenvalue weighted by Crippen LogP contribution is -2.35. The largest absolute Gasteiger partial charge is 0.492 e. The van der Waals surface area contributed by atoms with Crippen LogP contribution in [0, 0.1) is 6.92 Å². The fourth-order valence-electron chi connectivity index (χ4n) is 4.10. The van der Waals surface area contributed by atoms with Gasteiger partial charge >= 0.3 is 0 Å². The van der Waals surface area contributed by atoms with Crippen molar-refractivity contribution in [2.75, 3.05) is 43.3 Å². The van der Waals surface area contributed by atoms with Gasteiger partial charge in [0.2, 0.25) is 26.0 Å². The summed E-state index contributed by atoms with van der Waals surface area (Å²) in [6, 6.07) is 13.5. The number of benzene rings is 2. The lowest BCUT2D eigenvalue weighted by molar-refractivity contribution is -0.121. The number of hydrogen-bond acceptors (Lipinski definition) is 6. The zero-order valence-corrected chi connectivity index (χ0v) is 22.5. The van der Waals surface area contributed by atoms with Crippen molar-refractivity contribution in [2.45, 2.75) is 43.9 Å². The third-order valence-corrected chi connectivity index (χ3v) is 9.11. The highest BCUT2D eigenvalue weighted by Crippen LogP contribution is 2.23. The van der Waals surface area contributed by atoms with Gasteiger partial charge in [0.1, 0.15) is 12.4 Å². The average Bonchev–Trinajstić information content (AvgIpc) is 2.85. The smallest absolute Gasteiger partial charge is 0.243 e. The van der Waals surface area contributed by atoms with E-state index in [2.05, 4.69) is 5.32 Å². The van der Waals surface area contributed by atoms with Gasteiger partial charge in [0.05, 0.1) is 23.4 Å². The Kier molecular flexibility index (Phi) is 9.75. The van der Waals surface area contributed by atoms with Gasteiger partial charge in [0.15, 0.2) is 0 Å². The van der Waals surface area contributed by atoms with E-state index in [1.54, 1.807) is 36.4 Å². The molecule has 1 fully saturated rings. The highest BCUT2D eigenvalue weighted by Gasteiger charge is 2.25. The molecule has 2 aromatic carbocycles. The van der Waals surface area contributed by atoms with Crippen LogP contribution >= 0.6 is 0 Å². The Morgan fingerprint density at radius 2 is 1.67 bits per heavy atom. The van der Waals surface area contributed by atoms with Gasteiger partial charge in [0.25, 0.3) is 0 Å². The second-order valence-electron chi connectivity index (χ2n) is 8.86. The fourth-order valence-corrected chi connectivity index (χ4v) is 6.64. The number of nitrogens with one attached hydrogen (secondary N) is 1. The molecular formula is C25H35N3O6S2. The molecule has 1 saturated heterocycles. The highest BCUT2D eigenvalue weighted by atomic mass is 32.2. The highest BCUT2D eigenvalue weighted by molar-refractivity contribution is 7.92. The number of nitrogens with zero attached hydrogens (tertiary/aromatic N) is 2. The van der Waals surface area contributed by atoms with Gasteiger partial charge in [-0.3, -0.25) is 9.10 Å². The number of aryl methyl sites for hydroxylation is 1. The molecule has 2 aromatic rings. The third-order valence-electron chi connectivity index (χ3n) is 6.02. The molecule has 1 amide bonds. The summed E-state index contributed by atoms with van der Waals surface area (Å²) >= 11 is 0. The molecule has 3 rings (SSSR count). The second-order valence-corrected chi connectivity index (χ2v) is 12.7. The number of carbonyl (C=O) groups excluding carboxylic acids is 1. The molecule has 1 aliphatic rings. The maximum Gasteiger partial charge on any atom is 0.243 e. The molecule has 1 N–H and O–H groups in total.